The van der Waals surface area contributed by atoms with Crippen molar-refractivity contribution in [1.29, 1.82) is 0 Å². The van der Waals surface area contributed by atoms with E-state index in [4.69, 9.17) is 11.6 Å². The van der Waals surface area contributed by atoms with Crippen molar-refractivity contribution in [2.24, 2.45) is 0 Å². The number of anilines is 2. The lowest BCUT2D eigenvalue weighted by Gasteiger charge is -2.14. The van der Waals surface area contributed by atoms with Gasteiger partial charge in [0.2, 0.25) is 0 Å². The number of pyridine rings is 1. The first kappa shape index (κ1) is 13.8. The Bertz CT molecular complexity index is 577. The normalized spacial score (nSPS) is 10.5. The van der Waals surface area contributed by atoms with Crippen LogP contribution in [-0.4, -0.2) is 4.98 Å². The van der Waals surface area contributed by atoms with Crippen LogP contribution in [0.3, 0.4) is 0 Å². The molecule has 2 aromatic rings. The predicted octanol–water partition coefficient (Wildman–Crippen LogP) is 5.62. The maximum Gasteiger partial charge on any atom is 0.144 e. The van der Waals surface area contributed by atoms with Gasteiger partial charge in [0.1, 0.15) is 5.82 Å². The van der Waals surface area contributed by atoms with Crippen molar-refractivity contribution in [2.45, 2.75) is 13.8 Å². The van der Waals surface area contributed by atoms with Gasteiger partial charge in [0.25, 0.3) is 0 Å². The number of halogens is 3. The van der Waals surface area contributed by atoms with Gasteiger partial charge in [-0.2, -0.15) is 0 Å². The average molecular weight is 391 g/mol. The van der Waals surface area contributed by atoms with Crippen molar-refractivity contribution in [1.82, 2.24) is 4.98 Å². The molecule has 0 saturated carbocycles. The second kappa shape index (κ2) is 5.59. The Labute approximate surface area is 128 Å². The van der Waals surface area contributed by atoms with Crippen molar-refractivity contribution >= 4 is 55.0 Å². The fourth-order valence-corrected chi connectivity index (χ4v) is 3.16. The van der Waals surface area contributed by atoms with E-state index >= 15 is 0 Å². The molecule has 0 saturated heterocycles. The number of hydrogen-bond acceptors (Lipinski definition) is 2. The lowest BCUT2D eigenvalue weighted by molar-refractivity contribution is 1.26. The van der Waals surface area contributed by atoms with Crippen LogP contribution in [0, 0.1) is 13.8 Å². The van der Waals surface area contributed by atoms with E-state index in [-0.39, 0.29) is 0 Å². The quantitative estimate of drug-likeness (QED) is 0.720. The van der Waals surface area contributed by atoms with Crippen LogP contribution in [-0.2, 0) is 0 Å². The largest absolute Gasteiger partial charge is 0.339 e. The van der Waals surface area contributed by atoms with Crippen LogP contribution in [0.2, 0.25) is 5.02 Å². The highest BCUT2D eigenvalue weighted by Gasteiger charge is 2.08. The molecule has 18 heavy (non-hydrogen) atoms. The van der Waals surface area contributed by atoms with Crippen LogP contribution in [0.5, 0.6) is 0 Å². The van der Waals surface area contributed by atoms with Gasteiger partial charge >= 0.3 is 0 Å². The first-order valence-electron chi connectivity index (χ1n) is 5.32. The lowest BCUT2D eigenvalue weighted by Crippen LogP contribution is -1.99. The van der Waals surface area contributed by atoms with E-state index in [0.29, 0.717) is 5.02 Å². The van der Waals surface area contributed by atoms with Crippen molar-refractivity contribution in [3.8, 4) is 0 Å². The third-order valence-corrected chi connectivity index (χ3v) is 3.82. The number of rotatable bonds is 2. The van der Waals surface area contributed by atoms with E-state index in [9.17, 15) is 0 Å². The molecule has 1 aromatic heterocycles. The van der Waals surface area contributed by atoms with E-state index < -0.39 is 0 Å². The Hall–Kier alpha value is -0.580. The molecule has 0 spiro atoms. The molecule has 0 amide bonds. The van der Waals surface area contributed by atoms with Crippen molar-refractivity contribution < 1.29 is 0 Å². The van der Waals surface area contributed by atoms with Gasteiger partial charge in [-0.15, -0.1) is 0 Å². The number of nitrogens with one attached hydrogen (secondary N) is 1. The van der Waals surface area contributed by atoms with Crippen LogP contribution in [0.25, 0.3) is 0 Å². The zero-order chi connectivity index (χ0) is 13.3. The molecule has 0 atom stereocenters. The topological polar surface area (TPSA) is 24.9 Å². The molecule has 0 radical (unpaired) electrons. The number of aromatic nitrogens is 1. The van der Waals surface area contributed by atoms with Crippen molar-refractivity contribution in [2.75, 3.05) is 5.32 Å². The minimum atomic E-state index is 0.608. The van der Waals surface area contributed by atoms with Crippen LogP contribution >= 0.6 is 43.5 Å². The molecule has 1 aromatic carbocycles. The molecule has 2 rings (SSSR count). The van der Waals surface area contributed by atoms with Gasteiger partial charge in [-0.1, -0.05) is 27.5 Å². The summed E-state index contributed by atoms with van der Waals surface area (Å²) in [6.07, 6.45) is 1.62. The first-order valence-corrected chi connectivity index (χ1v) is 7.28. The fraction of sp³-hybridized carbons (Fsp3) is 0.154. The fourth-order valence-electron chi connectivity index (χ4n) is 1.73. The minimum absolute atomic E-state index is 0.608. The summed E-state index contributed by atoms with van der Waals surface area (Å²) in [6, 6.07) is 5.96. The SMILES string of the molecule is Cc1cc(Br)cc(C)c1Nc1ncc(Cl)cc1Br. The molecule has 0 unspecified atom stereocenters. The summed E-state index contributed by atoms with van der Waals surface area (Å²) in [5, 5.41) is 3.93. The van der Waals surface area contributed by atoms with E-state index in [1.165, 1.54) is 0 Å². The van der Waals surface area contributed by atoms with Crippen LogP contribution in [0.1, 0.15) is 11.1 Å². The van der Waals surface area contributed by atoms with Gasteiger partial charge in [-0.25, -0.2) is 4.98 Å². The number of aryl methyl sites for hydroxylation is 2. The molecule has 2 nitrogen and oxygen atoms in total. The zero-order valence-corrected chi connectivity index (χ0v) is 13.8. The summed E-state index contributed by atoms with van der Waals surface area (Å²) in [5.74, 6) is 0.757. The van der Waals surface area contributed by atoms with Gasteiger partial charge in [0.05, 0.1) is 9.50 Å². The van der Waals surface area contributed by atoms with Crippen molar-refractivity contribution in [3.05, 3.63) is 49.5 Å². The Morgan fingerprint density at radius 2 is 1.72 bits per heavy atom. The average Bonchev–Trinajstić information content (AvgIpc) is 2.25. The zero-order valence-electron chi connectivity index (χ0n) is 9.89. The summed E-state index contributed by atoms with van der Waals surface area (Å²) in [7, 11) is 0. The molecule has 5 heteroatoms. The van der Waals surface area contributed by atoms with Gasteiger partial charge in [-0.3, -0.25) is 0 Å². The summed E-state index contributed by atoms with van der Waals surface area (Å²) >= 11 is 12.8. The van der Waals surface area contributed by atoms with E-state index in [1.54, 1.807) is 6.20 Å². The molecule has 0 aliphatic carbocycles. The molecular formula is C13H11Br2ClN2. The summed E-state index contributed by atoms with van der Waals surface area (Å²) in [6.45, 7) is 4.12. The Balaban J connectivity index is 2.40. The number of benzene rings is 1. The third-order valence-electron chi connectivity index (χ3n) is 2.55. The van der Waals surface area contributed by atoms with Crippen molar-refractivity contribution in [3.63, 3.8) is 0 Å². The highest BCUT2D eigenvalue weighted by Crippen LogP contribution is 2.31. The standard InChI is InChI=1S/C13H11Br2ClN2/c1-7-3-9(14)4-8(2)12(7)18-13-11(15)5-10(16)6-17-13/h3-6H,1-2H3,(H,17,18). The van der Waals surface area contributed by atoms with Gasteiger partial charge < -0.3 is 5.32 Å². The summed E-state index contributed by atoms with van der Waals surface area (Å²) < 4.78 is 1.92. The molecule has 0 aliphatic rings. The second-order valence-electron chi connectivity index (χ2n) is 4.02. The maximum absolute atomic E-state index is 5.88. The Morgan fingerprint density at radius 1 is 1.11 bits per heavy atom. The molecule has 1 heterocycles. The molecule has 0 aliphatic heterocycles. The molecular weight excluding hydrogens is 379 g/mol. The summed E-state index contributed by atoms with van der Waals surface area (Å²) in [5.41, 5.74) is 3.38. The summed E-state index contributed by atoms with van der Waals surface area (Å²) in [4.78, 5) is 4.28. The van der Waals surface area contributed by atoms with Crippen LogP contribution in [0.15, 0.2) is 33.3 Å². The van der Waals surface area contributed by atoms with Gasteiger partial charge in [0, 0.05) is 16.4 Å². The highest BCUT2D eigenvalue weighted by atomic mass is 79.9. The smallest absolute Gasteiger partial charge is 0.144 e. The molecule has 0 bridgehead atoms. The van der Waals surface area contributed by atoms with Crippen LogP contribution < -0.4 is 5.32 Å². The lowest BCUT2D eigenvalue weighted by atomic mass is 10.1. The molecule has 94 valence electrons. The predicted molar refractivity (Wildman–Crippen MR) is 83.8 cm³/mol. The van der Waals surface area contributed by atoms with E-state index in [1.807, 2.05) is 6.07 Å². The molecule has 0 fully saturated rings. The van der Waals surface area contributed by atoms with Gasteiger partial charge in [-0.05, 0) is 59.1 Å². The number of hydrogen-bond donors (Lipinski definition) is 1. The van der Waals surface area contributed by atoms with Crippen LogP contribution in [0.4, 0.5) is 11.5 Å². The Kier molecular flexibility index (Phi) is 4.30. The second-order valence-corrected chi connectivity index (χ2v) is 6.23. The Morgan fingerprint density at radius 3 is 2.28 bits per heavy atom. The number of nitrogens with zero attached hydrogens (tertiary/aromatic N) is 1. The third kappa shape index (κ3) is 3.05. The minimum Gasteiger partial charge on any atom is -0.339 e. The van der Waals surface area contributed by atoms with E-state index in [0.717, 1.165) is 31.6 Å². The highest BCUT2D eigenvalue weighted by molar-refractivity contribution is 9.10. The van der Waals surface area contributed by atoms with E-state index in [2.05, 4.69) is 68.1 Å². The first-order chi connectivity index (χ1) is 8.47. The maximum atomic E-state index is 5.88. The monoisotopic (exact) mass is 388 g/mol. The molecule has 1 N–H and O–H groups in total. The van der Waals surface area contributed by atoms with Gasteiger partial charge in [0.15, 0.2) is 0 Å².